The van der Waals surface area contributed by atoms with Crippen LogP contribution in [0.5, 0.6) is 5.75 Å². The average molecular weight is 308 g/mol. The van der Waals surface area contributed by atoms with E-state index in [1.165, 1.54) is 12.8 Å². The smallest absolute Gasteiger partial charge is 0.261 e. The summed E-state index contributed by atoms with van der Waals surface area (Å²) >= 11 is 6.11. The van der Waals surface area contributed by atoms with Crippen molar-refractivity contribution in [3.63, 3.8) is 0 Å². The molecule has 1 aromatic carbocycles. The van der Waals surface area contributed by atoms with Gasteiger partial charge in [0.05, 0.1) is 5.02 Å². The molecule has 1 aromatic rings. The molecule has 2 aliphatic rings. The summed E-state index contributed by atoms with van der Waals surface area (Å²) in [5, 5.41) is 0.557. The van der Waals surface area contributed by atoms with Gasteiger partial charge >= 0.3 is 0 Å². The Labute approximate surface area is 131 Å². The predicted octanol–water partition coefficient (Wildman–Crippen LogP) is 3.82. The molecule has 1 amide bonds. The molecular weight excluding hydrogens is 286 g/mol. The van der Waals surface area contributed by atoms with Crippen LogP contribution < -0.4 is 4.74 Å². The topological polar surface area (TPSA) is 29.5 Å². The van der Waals surface area contributed by atoms with E-state index in [9.17, 15) is 4.79 Å². The highest BCUT2D eigenvalue weighted by Crippen LogP contribution is 2.39. The first-order chi connectivity index (χ1) is 10.1. The van der Waals surface area contributed by atoms with Gasteiger partial charge in [0.1, 0.15) is 5.75 Å². The fraction of sp³-hybridized carbons (Fsp3) is 0.588. The summed E-state index contributed by atoms with van der Waals surface area (Å²) in [5.41, 5.74) is 1.08. The molecule has 0 heterocycles. The lowest BCUT2D eigenvalue weighted by Crippen LogP contribution is -2.44. The second-order valence-corrected chi connectivity index (χ2v) is 6.74. The molecule has 0 aromatic heterocycles. The van der Waals surface area contributed by atoms with E-state index in [0.717, 1.165) is 18.4 Å². The first kappa shape index (κ1) is 14.7. The minimum Gasteiger partial charge on any atom is -0.482 e. The van der Waals surface area contributed by atoms with E-state index in [-0.39, 0.29) is 12.5 Å². The molecule has 0 N–H and O–H groups in total. The van der Waals surface area contributed by atoms with Gasteiger partial charge in [-0.05, 0) is 63.1 Å². The van der Waals surface area contributed by atoms with Crippen LogP contribution in [0.15, 0.2) is 18.2 Å². The number of benzene rings is 1. The summed E-state index contributed by atoms with van der Waals surface area (Å²) in [6.07, 6.45) is 4.77. The van der Waals surface area contributed by atoms with Gasteiger partial charge in [0.2, 0.25) is 0 Å². The van der Waals surface area contributed by atoms with Gasteiger partial charge in [0.15, 0.2) is 6.61 Å². The van der Waals surface area contributed by atoms with E-state index < -0.39 is 0 Å². The third-order valence-corrected chi connectivity index (χ3v) is 4.72. The number of hydrogen-bond donors (Lipinski definition) is 0. The fourth-order valence-electron chi connectivity index (χ4n) is 2.86. The quantitative estimate of drug-likeness (QED) is 0.799. The largest absolute Gasteiger partial charge is 0.482 e. The maximum Gasteiger partial charge on any atom is 0.261 e. The van der Waals surface area contributed by atoms with Gasteiger partial charge in [0.25, 0.3) is 5.91 Å². The number of rotatable bonds is 6. The van der Waals surface area contributed by atoms with Crippen LogP contribution in [0.4, 0.5) is 0 Å². The summed E-state index contributed by atoms with van der Waals surface area (Å²) in [5.74, 6) is 1.38. The van der Waals surface area contributed by atoms with Crippen LogP contribution in [0.2, 0.25) is 5.02 Å². The van der Waals surface area contributed by atoms with Crippen molar-refractivity contribution in [3.8, 4) is 5.75 Å². The lowest BCUT2D eigenvalue weighted by atomic mass is 10.1. The summed E-state index contributed by atoms with van der Waals surface area (Å²) in [7, 11) is 0. The van der Waals surface area contributed by atoms with Crippen molar-refractivity contribution in [1.82, 2.24) is 4.90 Å². The van der Waals surface area contributed by atoms with Gasteiger partial charge in [0, 0.05) is 12.1 Å². The average Bonchev–Trinajstić information content (AvgIpc) is 3.31. The number of halogens is 1. The van der Waals surface area contributed by atoms with Crippen molar-refractivity contribution in [2.45, 2.75) is 51.6 Å². The van der Waals surface area contributed by atoms with Gasteiger partial charge in [-0.1, -0.05) is 17.7 Å². The van der Waals surface area contributed by atoms with E-state index in [4.69, 9.17) is 16.3 Å². The Balaban J connectivity index is 1.63. The van der Waals surface area contributed by atoms with Crippen molar-refractivity contribution in [3.05, 3.63) is 28.8 Å². The van der Waals surface area contributed by atoms with Gasteiger partial charge in [-0.25, -0.2) is 0 Å². The Morgan fingerprint density at radius 3 is 2.71 bits per heavy atom. The van der Waals surface area contributed by atoms with Gasteiger partial charge < -0.3 is 9.64 Å². The monoisotopic (exact) mass is 307 g/mol. The molecule has 1 unspecified atom stereocenters. The number of carbonyl (C=O) groups excluding carboxylic acids is 1. The summed E-state index contributed by atoms with van der Waals surface area (Å²) in [6.45, 7) is 4.24. The highest BCUT2D eigenvalue weighted by atomic mass is 35.5. The maximum absolute atomic E-state index is 12.5. The van der Waals surface area contributed by atoms with Crippen LogP contribution >= 0.6 is 11.6 Å². The van der Waals surface area contributed by atoms with Crippen molar-refractivity contribution < 1.29 is 9.53 Å². The minimum absolute atomic E-state index is 0.0801. The summed E-state index contributed by atoms with van der Waals surface area (Å²) in [4.78, 5) is 14.6. The van der Waals surface area contributed by atoms with Gasteiger partial charge in [-0.3, -0.25) is 4.79 Å². The molecule has 2 fully saturated rings. The van der Waals surface area contributed by atoms with Crippen LogP contribution in [0.25, 0.3) is 0 Å². The zero-order valence-electron chi connectivity index (χ0n) is 12.6. The summed E-state index contributed by atoms with van der Waals surface area (Å²) < 4.78 is 5.67. The zero-order valence-corrected chi connectivity index (χ0v) is 13.4. The Hall–Kier alpha value is -1.22. The first-order valence-electron chi connectivity index (χ1n) is 7.76. The molecule has 0 bridgehead atoms. The molecule has 21 heavy (non-hydrogen) atoms. The number of ether oxygens (including phenoxy) is 1. The van der Waals surface area contributed by atoms with Crippen molar-refractivity contribution >= 4 is 17.5 Å². The highest BCUT2D eigenvalue weighted by Gasteiger charge is 2.41. The predicted molar refractivity (Wildman–Crippen MR) is 83.7 cm³/mol. The summed E-state index contributed by atoms with van der Waals surface area (Å²) in [6, 6.07) is 6.40. The van der Waals surface area contributed by atoms with Crippen molar-refractivity contribution in [1.29, 1.82) is 0 Å². The van der Waals surface area contributed by atoms with E-state index in [1.54, 1.807) is 0 Å². The molecule has 114 valence electrons. The molecule has 1 atom stereocenters. The van der Waals surface area contributed by atoms with Crippen LogP contribution in [0, 0.1) is 12.8 Å². The molecule has 2 aliphatic carbocycles. The molecule has 0 aliphatic heterocycles. The molecule has 3 rings (SSSR count). The first-order valence-corrected chi connectivity index (χ1v) is 8.14. The third-order valence-electron chi connectivity index (χ3n) is 4.41. The molecule has 3 nitrogen and oxygen atoms in total. The maximum atomic E-state index is 12.5. The standard InChI is InChI=1S/C17H22ClNO2/c1-11-3-8-15(18)16(9-11)21-10-17(20)19(14-6-7-14)12(2)13-4-5-13/h3,8-9,12-14H,4-7,10H2,1-2H3. The van der Waals surface area contributed by atoms with Gasteiger partial charge in [-0.2, -0.15) is 0 Å². The lowest BCUT2D eigenvalue weighted by Gasteiger charge is -2.29. The lowest BCUT2D eigenvalue weighted by molar-refractivity contribution is -0.136. The Kier molecular flexibility index (Phi) is 4.12. The molecule has 0 spiro atoms. The normalized spacial score (nSPS) is 19.2. The van der Waals surface area contributed by atoms with Crippen LogP contribution in [0.1, 0.15) is 38.2 Å². The third kappa shape index (κ3) is 3.52. The second kappa shape index (κ2) is 5.88. The van der Waals surface area contributed by atoms with Crippen molar-refractivity contribution in [2.24, 2.45) is 5.92 Å². The second-order valence-electron chi connectivity index (χ2n) is 6.33. The number of amides is 1. The SMILES string of the molecule is Cc1ccc(Cl)c(OCC(=O)N(C2CC2)C(C)C2CC2)c1. The highest BCUT2D eigenvalue weighted by molar-refractivity contribution is 6.32. The molecule has 2 saturated carbocycles. The van der Waals surface area contributed by atoms with Crippen molar-refractivity contribution in [2.75, 3.05) is 6.61 Å². The molecular formula is C17H22ClNO2. The number of hydrogen-bond acceptors (Lipinski definition) is 2. The van der Waals surface area contributed by atoms with E-state index in [2.05, 4.69) is 11.8 Å². The number of aryl methyl sites for hydroxylation is 1. The van der Waals surface area contributed by atoms with E-state index in [0.29, 0.717) is 28.8 Å². The molecule has 4 heteroatoms. The molecule has 0 saturated heterocycles. The van der Waals surface area contributed by atoms with Crippen LogP contribution in [-0.2, 0) is 4.79 Å². The van der Waals surface area contributed by atoms with Crippen LogP contribution in [0.3, 0.4) is 0 Å². The van der Waals surface area contributed by atoms with E-state index in [1.807, 2.05) is 25.1 Å². The molecule has 0 radical (unpaired) electrons. The minimum atomic E-state index is 0.0801. The zero-order chi connectivity index (χ0) is 15.0. The Morgan fingerprint density at radius 1 is 1.38 bits per heavy atom. The van der Waals surface area contributed by atoms with E-state index >= 15 is 0 Å². The number of carbonyl (C=O) groups is 1. The van der Waals surface area contributed by atoms with Crippen LogP contribution in [-0.4, -0.2) is 29.5 Å². The fourth-order valence-corrected chi connectivity index (χ4v) is 3.03. The Morgan fingerprint density at radius 2 is 2.10 bits per heavy atom. The van der Waals surface area contributed by atoms with Gasteiger partial charge in [-0.15, -0.1) is 0 Å². The Bertz CT molecular complexity index is 538. The number of nitrogens with zero attached hydrogens (tertiary/aromatic N) is 1.